The number of rotatable bonds is 9. The lowest BCUT2D eigenvalue weighted by atomic mass is 10.0. The zero-order chi connectivity index (χ0) is 18.8. The summed E-state index contributed by atoms with van der Waals surface area (Å²) in [5.74, 6) is 0.943. The Balaban J connectivity index is 1.61. The van der Waals surface area contributed by atoms with Crippen molar-refractivity contribution < 1.29 is 14.3 Å². The topological polar surface area (TPSA) is 58.6 Å². The van der Waals surface area contributed by atoms with Gasteiger partial charge in [0.2, 0.25) is 11.8 Å². The number of amides is 2. The van der Waals surface area contributed by atoms with E-state index in [1.54, 1.807) is 6.07 Å². The maximum atomic E-state index is 12.3. The van der Waals surface area contributed by atoms with E-state index in [0.29, 0.717) is 49.7 Å². The molecule has 1 fully saturated rings. The average Bonchev–Trinajstić information content (AvgIpc) is 2.65. The molecule has 1 aliphatic heterocycles. The van der Waals surface area contributed by atoms with Crippen LogP contribution in [0.1, 0.15) is 51.9 Å². The van der Waals surface area contributed by atoms with E-state index in [1.807, 2.05) is 23.1 Å². The van der Waals surface area contributed by atoms with Crippen molar-refractivity contribution in [2.75, 3.05) is 19.7 Å². The summed E-state index contributed by atoms with van der Waals surface area (Å²) in [7, 11) is 0. The number of piperidine rings is 1. The van der Waals surface area contributed by atoms with Gasteiger partial charge in [0.25, 0.3) is 0 Å². The van der Waals surface area contributed by atoms with E-state index >= 15 is 0 Å². The molecule has 0 aliphatic carbocycles. The highest BCUT2D eigenvalue weighted by molar-refractivity contribution is 6.32. The van der Waals surface area contributed by atoms with Gasteiger partial charge in [-0.25, -0.2) is 0 Å². The molecule has 1 saturated heterocycles. The van der Waals surface area contributed by atoms with Gasteiger partial charge in [-0.1, -0.05) is 37.1 Å². The Kier molecular flexibility index (Phi) is 8.75. The zero-order valence-electron chi connectivity index (χ0n) is 15.5. The van der Waals surface area contributed by atoms with E-state index in [1.165, 1.54) is 0 Å². The van der Waals surface area contributed by atoms with E-state index in [9.17, 15) is 9.59 Å². The van der Waals surface area contributed by atoms with Gasteiger partial charge in [-0.3, -0.25) is 9.59 Å². The summed E-state index contributed by atoms with van der Waals surface area (Å²) in [5, 5.41) is 3.66. The summed E-state index contributed by atoms with van der Waals surface area (Å²) < 4.78 is 5.62. The van der Waals surface area contributed by atoms with Gasteiger partial charge in [0.05, 0.1) is 11.6 Å². The van der Waals surface area contributed by atoms with Gasteiger partial charge < -0.3 is 15.0 Å². The first-order valence-electron chi connectivity index (χ1n) is 9.54. The number of likely N-dealkylation sites (tertiary alicyclic amines) is 1. The van der Waals surface area contributed by atoms with E-state index in [0.717, 1.165) is 25.7 Å². The number of halogens is 1. The molecule has 0 bridgehead atoms. The molecule has 0 spiro atoms. The maximum absolute atomic E-state index is 12.3. The van der Waals surface area contributed by atoms with Crippen LogP contribution in [0, 0.1) is 0 Å². The fraction of sp³-hybridized carbons (Fsp3) is 0.600. The zero-order valence-corrected chi connectivity index (χ0v) is 16.3. The van der Waals surface area contributed by atoms with Gasteiger partial charge in [-0.15, -0.1) is 0 Å². The van der Waals surface area contributed by atoms with Gasteiger partial charge >= 0.3 is 0 Å². The van der Waals surface area contributed by atoms with Crippen molar-refractivity contribution in [1.82, 2.24) is 10.2 Å². The second-order valence-electron chi connectivity index (χ2n) is 6.71. The Hall–Kier alpha value is -1.75. The first kappa shape index (κ1) is 20.6. The molecule has 2 rings (SSSR count). The third-order valence-corrected chi connectivity index (χ3v) is 4.91. The summed E-state index contributed by atoms with van der Waals surface area (Å²) in [4.78, 5) is 26.0. The SMILES string of the molecule is CCCCC(=O)NC1CCN(C(=O)CCCOc2ccccc2Cl)CC1. The third-order valence-electron chi connectivity index (χ3n) is 4.60. The highest BCUT2D eigenvalue weighted by Crippen LogP contribution is 2.23. The molecule has 0 aromatic heterocycles. The van der Waals surface area contributed by atoms with Gasteiger partial charge in [0, 0.05) is 32.0 Å². The number of carbonyl (C=O) groups is 2. The number of unbranched alkanes of at least 4 members (excludes halogenated alkanes) is 1. The Morgan fingerprint density at radius 2 is 1.92 bits per heavy atom. The molecule has 144 valence electrons. The van der Waals surface area contributed by atoms with Crippen LogP contribution in [-0.4, -0.2) is 42.5 Å². The molecule has 6 heteroatoms. The number of para-hydroxylation sites is 1. The van der Waals surface area contributed by atoms with Crippen molar-refractivity contribution >= 4 is 23.4 Å². The lowest BCUT2D eigenvalue weighted by Crippen LogP contribution is -2.46. The predicted molar refractivity (Wildman–Crippen MR) is 103 cm³/mol. The summed E-state index contributed by atoms with van der Waals surface area (Å²) >= 11 is 6.03. The Bertz CT molecular complexity index is 586. The van der Waals surface area contributed by atoms with E-state index in [-0.39, 0.29) is 17.9 Å². The van der Waals surface area contributed by atoms with Crippen molar-refractivity contribution in [3.05, 3.63) is 29.3 Å². The summed E-state index contributed by atoms with van der Waals surface area (Å²) in [6, 6.07) is 7.54. The van der Waals surface area contributed by atoms with Crippen molar-refractivity contribution in [1.29, 1.82) is 0 Å². The Labute approximate surface area is 161 Å². The minimum absolute atomic E-state index is 0.133. The highest BCUT2D eigenvalue weighted by Gasteiger charge is 2.23. The first-order chi connectivity index (χ1) is 12.6. The summed E-state index contributed by atoms with van der Waals surface area (Å²) in [6.07, 6.45) is 5.36. The molecule has 1 aromatic rings. The molecule has 1 heterocycles. The van der Waals surface area contributed by atoms with E-state index < -0.39 is 0 Å². The van der Waals surface area contributed by atoms with Gasteiger partial charge in [0.1, 0.15) is 5.75 Å². The molecule has 1 N–H and O–H groups in total. The van der Waals surface area contributed by atoms with Crippen molar-refractivity contribution in [2.24, 2.45) is 0 Å². The molecule has 0 radical (unpaired) electrons. The van der Waals surface area contributed by atoms with Gasteiger partial charge in [0.15, 0.2) is 0 Å². The van der Waals surface area contributed by atoms with Crippen LogP contribution in [0.15, 0.2) is 24.3 Å². The van der Waals surface area contributed by atoms with Crippen LogP contribution in [0.25, 0.3) is 0 Å². The fourth-order valence-corrected chi connectivity index (χ4v) is 3.23. The molecular weight excluding hydrogens is 352 g/mol. The molecule has 0 saturated carbocycles. The number of nitrogens with one attached hydrogen (secondary N) is 1. The van der Waals surface area contributed by atoms with Crippen LogP contribution < -0.4 is 10.1 Å². The number of benzene rings is 1. The Morgan fingerprint density at radius 3 is 2.62 bits per heavy atom. The monoisotopic (exact) mass is 380 g/mol. The van der Waals surface area contributed by atoms with E-state index in [2.05, 4.69) is 12.2 Å². The number of hydrogen-bond donors (Lipinski definition) is 1. The van der Waals surface area contributed by atoms with Crippen LogP contribution >= 0.6 is 11.6 Å². The van der Waals surface area contributed by atoms with Crippen LogP contribution in [0.5, 0.6) is 5.75 Å². The molecule has 26 heavy (non-hydrogen) atoms. The normalized spacial score (nSPS) is 14.9. The van der Waals surface area contributed by atoms with Crippen molar-refractivity contribution in [2.45, 2.75) is 57.9 Å². The second kappa shape index (κ2) is 11.1. The number of carbonyl (C=O) groups excluding carboxylic acids is 2. The Morgan fingerprint density at radius 1 is 1.19 bits per heavy atom. The minimum Gasteiger partial charge on any atom is -0.492 e. The van der Waals surface area contributed by atoms with Gasteiger partial charge in [-0.05, 0) is 37.8 Å². The minimum atomic E-state index is 0.133. The summed E-state index contributed by atoms with van der Waals surface area (Å²) in [5.41, 5.74) is 0. The van der Waals surface area contributed by atoms with Crippen LogP contribution in [-0.2, 0) is 9.59 Å². The number of ether oxygens (including phenoxy) is 1. The van der Waals surface area contributed by atoms with Gasteiger partial charge in [-0.2, -0.15) is 0 Å². The van der Waals surface area contributed by atoms with Crippen molar-refractivity contribution in [3.63, 3.8) is 0 Å². The molecule has 1 aromatic carbocycles. The second-order valence-corrected chi connectivity index (χ2v) is 7.12. The largest absolute Gasteiger partial charge is 0.492 e. The lowest BCUT2D eigenvalue weighted by Gasteiger charge is -2.32. The number of nitrogens with zero attached hydrogens (tertiary/aromatic N) is 1. The molecule has 0 atom stereocenters. The van der Waals surface area contributed by atoms with Crippen LogP contribution in [0.4, 0.5) is 0 Å². The molecule has 5 nitrogen and oxygen atoms in total. The quantitative estimate of drug-likeness (QED) is 0.663. The fourth-order valence-electron chi connectivity index (χ4n) is 3.04. The maximum Gasteiger partial charge on any atom is 0.222 e. The molecule has 1 aliphatic rings. The standard InChI is InChI=1S/C20H29ClN2O3/c1-2-3-9-19(24)22-16-11-13-23(14-12-16)20(25)10-6-15-26-18-8-5-4-7-17(18)21/h4-5,7-8,16H,2-3,6,9-15H2,1H3,(H,22,24). The molecule has 2 amide bonds. The lowest BCUT2D eigenvalue weighted by molar-refractivity contribution is -0.132. The average molecular weight is 381 g/mol. The van der Waals surface area contributed by atoms with Crippen LogP contribution in [0.2, 0.25) is 5.02 Å². The van der Waals surface area contributed by atoms with E-state index in [4.69, 9.17) is 16.3 Å². The molecule has 0 unspecified atom stereocenters. The number of hydrogen-bond acceptors (Lipinski definition) is 3. The molecular formula is C20H29ClN2O3. The van der Waals surface area contributed by atoms with Crippen molar-refractivity contribution in [3.8, 4) is 5.75 Å². The third kappa shape index (κ3) is 6.87. The first-order valence-corrected chi connectivity index (χ1v) is 9.92. The van der Waals surface area contributed by atoms with Crippen LogP contribution in [0.3, 0.4) is 0 Å². The smallest absolute Gasteiger partial charge is 0.222 e. The predicted octanol–water partition coefficient (Wildman–Crippen LogP) is 3.80. The highest BCUT2D eigenvalue weighted by atomic mass is 35.5. The summed E-state index contributed by atoms with van der Waals surface area (Å²) in [6.45, 7) is 3.97.